The van der Waals surface area contributed by atoms with Gasteiger partial charge in [-0.1, -0.05) is 0 Å². The molecule has 0 spiro atoms. The van der Waals surface area contributed by atoms with Crippen LogP contribution in [0, 0.1) is 0 Å². The Kier molecular flexibility index (Phi) is 3.44. The summed E-state index contributed by atoms with van der Waals surface area (Å²) < 4.78 is 0. The van der Waals surface area contributed by atoms with Gasteiger partial charge >= 0.3 is 0 Å². The average molecular weight is 228 g/mol. The van der Waals surface area contributed by atoms with Crippen LogP contribution in [-0.2, 0) is 19.2 Å². The summed E-state index contributed by atoms with van der Waals surface area (Å²) in [5.74, 6) is -2.50. The van der Waals surface area contributed by atoms with Gasteiger partial charge in [0.1, 0.15) is 12.1 Å². The molecule has 8 heteroatoms. The first-order valence-electron chi connectivity index (χ1n) is 4.57. The van der Waals surface area contributed by atoms with E-state index >= 15 is 0 Å². The number of rotatable bonds is 4. The Hall–Kier alpha value is -2.12. The van der Waals surface area contributed by atoms with Gasteiger partial charge in [0, 0.05) is 0 Å². The molecule has 0 unspecified atom stereocenters. The van der Waals surface area contributed by atoms with E-state index in [1.807, 2.05) is 0 Å². The predicted molar refractivity (Wildman–Crippen MR) is 51.5 cm³/mol. The molecule has 0 aromatic rings. The number of carbonyl (C=O) groups excluding carboxylic acids is 4. The van der Waals surface area contributed by atoms with Crippen molar-refractivity contribution in [3.8, 4) is 0 Å². The summed E-state index contributed by atoms with van der Waals surface area (Å²) in [6, 6.07) is -1.96. The molecule has 0 aromatic carbocycles. The fourth-order valence-electron chi connectivity index (χ4n) is 1.37. The van der Waals surface area contributed by atoms with E-state index in [1.165, 1.54) is 0 Å². The fraction of sp³-hybridized carbons (Fsp3) is 0.500. The van der Waals surface area contributed by atoms with Gasteiger partial charge in [-0.3, -0.25) is 19.2 Å². The third-order valence-corrected chi connectivity index (χ3v) is 2.08. The molecule has 1 fully saturated rings. The highest BCUT2D eigenvalue weighted by atomic mass is 16.2. The van der Waals surface area contributed by atoms with Gasteiger partial charge in [0.15, 0.2) is 0 Å². The third-order valence-electron chi connectivity index (χ3n) is 2.08. The van der Waals surface area contributed by atoms with Crippen LogP contribution in [0.3, 0.4) is 0 Å². The van der Waals surface area contributed by atoms with Gasteiger partial charge in [0.2, 0.25) is 23.6 Å². The Balaban J connectivity index is 2.63. The monoisotopic (exact) mass is 228 g/mol. The zero-order valence-corrected chi connectivity index (χ0v) is 8.36. The van der Waals surface area contributed by atoms with Gasteiger partial charge in [0.05, 0.1) is 12.8 Å². The summed E-state index contributed by atoms with van der Waals surface area (Å²) in [5.41, 5.74) is 9.80. The second kappa shape index (κ2) is 4.60. The van der Waals surface area contributed by atoms with Crippen molar-refractivity contribution in [1.29, 1.82) is 0 Å². The van der Waals surface area contributed by atoms with E-state index in [0.29, 0.717) is 0 Å². The Bertz CT molecular complexity index is 320. The summed E-state index contributed by atoms with van der Waals surface area (Å²) in [5, 5.41) is 4.59. The van der Waals surface area contributed by atoms with Crippen LogP contribution in [0.5, 0.6) is 0 Å². The zero-order chi connectivity index (χ0) is 12.3. The molecule has 0 aliphatic carbocycles. The summed E-state index contributed by atoms with van der Waals surface area (Å²) in [6.07, 6.45) is -0.554. The molecular weight excluding hydrogens is 216 g/mol. The van der Waals surface area contributed by atoms with Crippen molar-refractivity contribution in [1.82, 2.24) is 10.6 Å². The van der Waals surface area contributed by atoms with Gasteiger partial charge in [-0.15, -0.1) is 0 Å². The lowest BCUT2D eigenvalue weighted by Crippen LogP contribution is -2.62. The van der Waals surface area contributed by atoms with Crippen LogP contribution in [-0.4, -0.2) is 35.7 Å². The summed E-state index contributed by atoms with van der Waals surface area (Å²) in [6.45, 7) is 0. The van der Waals surface area contributed by atoms with Crippen LogP contribution >= 0.6 is 0 Å². The highest BCUT2D eigenvalue weighted by molar-refractivity contribution is 6.00. The highest BCUT2D eigenvalue weighted by Crippen LogP contribution is 2.03. The van der Waals surface area contributed by atoms with E-state index < -0.39 is 35.7 Å². The number of piperazine rings is 1. The summed E-state index contributed by atoms with van der Waals surface area (Å²) in [7, 11) is 0. The van der Waals surface area contributed by atoms with Gasteiger partial charge in [-0.05, 0) is 0 Å². The third kappa shape index (κ3) is 2.94. The molecule has 1 heterocycles. The molecule has 8 nitrogen and oxygen atoms in total. The fourth-order valence-corrected chi connectivity index (χ4v) is 1.37. The first-order valence-corrected chi connectivity index (χ1v) is 4.57. The van der Waals surface area contributed by atoms with E-state index in [9.17, 15) is 19.2 Å². The molecule has 1 rings (SSSR count). The lowest BCUT2D eigenvalue weighted by molar-refractivity contribution is -0.139. The highest BCUT2D eigenvalue weighted by Gasteiger charge is 2.34. The average Bonchev–Trinajstić information content (AvgIpc) is 2.11. The first kappa shape index (κ1) is 12.0. The number of nitrogens with one attached hydrogen (secondary N) is 2. The molecule has 0 radical (unpaired) electrons. The van der Waals surface area contributed by atoms with Crippen LogP contribution in [0.4, 0.5) is 0 Å². The lowest BCUT2D eigenvalue weighted by Gasteiger charge is -2.28. The normalized spacial score (nSPS) is 24.5. The molecule has 0 bridgehead atoms. The number of carbonyl (C=O) groups is 4. The minimum absolute atomic E-state index is 0.277. The smallest absolute Gasteiger partial charge is 0.243 e. The first-order chi connectivity index (χ1) is 7.40. The molecule has 1 saturated heterocycles. The van der Waals surface area contributed by atoms with Crippen molar-refractivity contribution >= 4 is 23.6 Å². The van der Waals surface area contributed by atoms with Crippen molar-refractivity contribution in [2.75, 3.05) is 0 Å². The van der Waals surface area contributed by atoms with E-state index in [2.05, 4.69) is 10.6 Å². The van der Waals surface area contributed by atoms with Crippen LogP contribution < -0.4 is 22.1 Å². The summed E-state index contributed by atoms with van der Waals surface area (Å²) in [4.78, 5) is 44.0. The van der Waals surface area contributed by atoms with Crippen LogP contribution in [0.2, 0.25) is 0 Å². The van der Waals surface area contributed by atoms with Gasteiger partial charge in [-0.2, -0.15) is 0 Å². The molecule has 4 amide bonds. The lowest BCUT2D eigenvalue weighted by atomic mass is 10.1. The molecule has 1 aliphatic rings. The molecule has 16 heavy (non-hydrogen) atoms. The van der Waals surface area contributed by atoms with Crippen molar-refractivity contribution in [3.05, 3.63) is 0 Å². The molecular formula is C8H12N4O4. The summed E-state index contributed by atoms with van der Waals surface area (Å²) >= 11 is 0. The molecule has 6 N–H and O–H groups in total. The number of hydrogen-bond donors (Lipinski definition) is 4. The standard InChI is InChI=1S/C8H12N4O4/c9-5(13)1-3-7(15)12-4(2-6(10)14)8(16)11-3/h3-4H,1-2H2,(H2,9,13)(H2,10,14)(H,11,16)(H,12,15)/t3-,4-/m0/s1. The van der Waals surface area contributed by atoms with Gasteiger partial charge < -0.3 is 22.1 Å². The van der Waals surface area contributed by atoms with Crippen LogP contribution in [0.1, 0.15) is 12.8 Å². The van der Waals surface area contributed by atoms with Crippen LogP contribution in [0.15, 0.2) is 0 Å². The second-order valence-corrected chi connectivity index (χ2v) is 3.46. The van der Waals surface area contributed by atoms with Gasteiger partial charge in [0.25, 0.3) is 0 Å². The molecule has 0 aromatic heterocycles. The van der Waals surface area contributed by atoms with Crippen LogP contribution in [0.25, 0.3) is 0 Å². The maximum absolute atomic E-state index is 11.4. The number of amides is 4. The molecule has 1 aliphatic heterocycles. The number of hydrogen-bond acceptors (Lipinski definition) is 4. The molecule has 88 valence electrons. The predicted octanol–water partition coefficient (Wildman–Crippen LogP) is -3.28. The SMILES string of the molecule is NC(=O)C[C@@H]1NC(=O)[C@H](CC(N)=O)NC1=O. The van der Waals surface area contributed by atoms with Crippen molar-refractivity contribution in [3.63, 3.8) is 0 Å². The largest absolute Gasteiger partial charge is 0.370 e. The quantitative estimate of drug-likeness (QED) is 0.399. The minimum Gasteiger partial charge on any atom is -0.370 e. The minimum atomic E-state index is -0.978. The van der Waals surface area contributed by atoms with E-state index in [1.54, 1.807) is 0 Å². The van der Waals surface area contributed by atoms with E-state index in [-0.39, 0.29) is 12.8 Å². The Morgan fingerprint density at radius 3 is 1.50 bits per heavy atom. The van der Waals surface area contributed by atoms with Crippen molar-refractivity contribution in [2.24, 2.45) is 11.5 Å². The van der Waals surface area contributed by atoms with Crippen molar-refractivity contribution < 1.29 is 19.2 Å². The van der Waals surface area contributed by atoms with Crippen molar-refractivity contribution in [2.45, 2.75) is 24.9 Å². The second-order valence-electron chi connectivity index (χ2n) is 3.46. The maximum Gasteiger partial charge on any atom is 0.243 e. The molecule has 2 atom stereocenters. The Morgan fingerprint density at radius 2 is 1.25 bits per heavy atom. The molecule has 0 saturated carbocycles. The van der Waals surface area contributed by atoms with E-state index in [0.717, 1.165) is 0 Å². The van der Waals surface area contributed by atoms with E-state index in [4.69, 9.17) is 11.5 Å². The topological polar surface area (TPSA) is 144 Å². The maximum atomic E-state index is 11.4. The number of primary amides is 2. The van der Waals surface area contributed by atoms with Gasteiger partial charge in [-0.25, -0.2) is 0 Å². The Labute approximate surface area is 90.7 Å². The zero-order valence-electron chi connectivity index (χ0n) is 8.36. The Morgan fingerprint density at radius 1 is 0.938 bits per heavy atom. The number of nitrogens with two attached hydrogens (primary N) is 2.